The van der Waals surface area contributed by atoms with Gasteiger partial charge in [0.1, 0.15) is 11.6 Å². The van der Waals surface area contributed by atoms with Gasteiger partial charge in [0.15, 0.2) is 11.6 Å². The predicted octanol–water partition coefficient (Wildman–Crippen LogP) is 3.71. The summed E-state index contributed by atoms with van der Waals surface area (Å²) in [6, 6.07) is 7.22. The molecule has 0 fully saturated rings. The zero-order valence-corrected chi connectivity index (χ0v) is 7.90. The van der Waals surface area contributed by atoms with E-state index in [0.717, 1.165) is 24.3 Å². The Labute approximate surface area is 89.2 Å². The van der Waals surface area contributed by atoms with E-state index in [-0.39, 0.29) is 0 Å². The lowest BCUT2D eigenvalue weighted by molar-refractivity contribution is 0.508. The molecule has 2 aromatic carbocycles. The predicted molar refractivity (Wildman–Crippen MR) is 50.5 cm³/mol. The van der Waals surface area contributed by atoms with Crippen LogP contribution in [-0.2, 0) is 0 Å². The van der Waals surface area contributed by atoms with E-state index in [4.69, 9.17) is 0 Å². The second kappa shape index (κ2) is 3.96. The van der Waals surface area contributed by atoms with Gasteiger partial charge in [-0.3, -0.25) is 0 Å². The SMILES string of the molecule is Fc1[c]ccc(F)c1-c1cccc(F)c1F. The summed E-state index contributed by atoms with van der Waals surface area (Å²) in [4.78, 5) is 0. The highest BCUT2D eigenvalue weighted by Crippen LogP contribution is 2.28. The molecule has 4 heteroatoms. The smallest absolute Gasteiger partial charge is 0.166 e. The molecule has 81 valence electrons. The minimum absolute atomic E-state index is 0.452. The summed E-state index contributed by atoms with van der Waals surface area (Å²) < 4.78 is 52.8. The Morgan fingerprint density at radius 1 is 0.875 bits per heavy atom. The minimum Gasteiger partial charge on any atom is -0.206 e. The van der Waals surface area contributed by atoms with Crippen LogP contribution in [0.25, 0.3) is 11.1 Å². The third kappa shape index (κ3) is 1.66. The standard InChI is InChI=1S/C12H5F4/c13-8-4-2-5-9(14)11(8)7-3-1-6-10(15)12(7)16/h1-4,6H. The summed E-state index contributed by atoms with van der Waals surface area (Å²) in [6.45, 7) is 0. The van der Waals surface area contributed by atoms with Gasteiger partial charge < -0.3 is 0 Å². The number of benzene rings is 2. The van der Waals surface area contributed by atoms with Gasteiger partial charge in [0, 0.05) is 11.6 Å². The van der Waals surface area contributed by atoms with Crippen molar-refractivity contribution in [3.8, 4) is 11.1 Å². The third-order valence-electron chi connectivity index (χ3n) is 2.12. The summed E-state index contributed by atoms with van der Waals surface area (Å²) in [7, 11) is 0. The largest absolute Gasteiger partial charge is 0.206 e. The molecule has 0 aliphatic heterocycles. The van der Waals surface area contributed by atoms with Crippen LogP contribution in [0.3, 0.4) is 0 Å². The molecule has 16 heavy (non-hydrogen) atoms. The zero-order valence-electron chi connectivity index (χ0n) is 7.90. The number of hydrogen-bond donors (Lipinski definition) is 0. The van der Waals surface area contributed by atoms with Crippen LogP contribution in [-0.4, -0.2) is 0 Å². The normalized spacial score (nSPS) is 10.5. The lowest BCUT2D eigenvalue weighted by atomic mass is 10.0. The van der Waals surface area contributed by atoms with E-state index in [1.165, 1.54) is 6.07 Å². The molecule has 0 bridgehead atoms. The Balaban J connectivity index is 2.73. The molecule has 0 spiro atoms. The Morgan fingerprint density at radius 2 is 1.62 bits per heavy atom. The first-order valence-corrected chi connectivity index (χ1v) is 4.41. The highest BCUT2D eigenvalue weighted by Gasteiger charge is 2.17. The molecule has 0 aliphatic carbocycles. The van der Waals surface area contributed by atoms with Crippen molar-refractivity contribution >= 4 is 0 Å². The number of rotatable bonds is 1. The summed E-state index contributed by atoms with van der Waals surface area (Å²) in [5.41, 5.74) is -1.06. The van der Waals surface area contributed by atoms with Crippen molar-refractivity contribution in [2.24, 2.45) is 0 Å². The first kappa shape index (κ1) is 10.7. The minimum atomic E-state index is -1.28. The average molecular weight is 225 g/mol. The maximum atomic E-state index is 13.3. The van der Waals surface area contributed by atoms with Gasteiger partial charge in [0.2, 0.25) is 0 Å². The van der Waals surface area contributed by atoms with E-state index in [2.05, 4.69) is 6.07 Å². The van der Waals surface area contributed by atoms with Crippen molar-refractivity contribution in [3.05, 3.63) is 59.7 Å². The van der Waals surface area contributed by atoms with E-state index >= 15 is 0 Å². The van der Waals surface area contributed by atoms with E-state index < -0.39 is 34.4 Å². The molecule has 0 aromatic heterocycles. The van der Waals surface area contributed by atoms with Crippen molar-refractivity contribution in [2.45, 2.75) is 0 Å². The molecule has 2 rings (SSSR count). The number of halogens is 4. The lowest BCUT2D eigenvalue weighted by Crippen LogP contribution is -1.95. The quantitative estimate of drug-likeness (QED) is 0.649. The highest BCUT2D eigenvalue weighted by molar-refractivity contribution is 5.65. The molecule has 0 unspecified atom stereocenters. The lowest BCUT2D eigenvalue weighted by Gasteiger charge is -2.06. The Hall–Kier alpha value is -1.84. The van der Waals surface area contributed by atoms with Gasteiger partial charge in [0.05, 0.1) is 5.56 Å². The van der Waals surface area contributed by atoms with Crippen LogP contribution >= 0.6 is 0 Å². The molecule has 0 saturated carbocycles. The molecule has 0 nitrogen and oxygen atoms in total. The van der Waals surface area contributed by atoms with Gasteiger partial charge in [0.25, 0.3) is 0 Å². The average Bonchev–Trinajstić information content (AvgIpc) is 2.24. The van der Waals surface area contributed by atoms with Crippen LogP contribution in [0, 0.1) is 29.3 Å². The van der Waals surface area contributed by atoms with Crippen molar-refractivity contribution in [2.75, 3.05) is 0 Å². The van der Waals surface area contributed by atoms with Crippen molar-refractivity contribution < 1.29 is 17.6 Å². The van der Waals surface area contributed by atoms with Gasteiger partial charge in [-0.1, -0.05) is 12.1 Å². The summed E-state index contributed by atoms with van der Waals surface area (Å²) in [6.07, 6.45) is 0. The molecule has 1 radical (unpaired) electrons. The van der Waals surface area contributed by atoms with Crippen LogP contribution in [0.2, 0.25) is 0 Å². The first-order valence-electron chi connectivity index (χ1n) is 4.41. The van der Waals surface area contributed by atoms with Gasteiger partial charge in [-0.25, -0.2) is 17.6 Å². The molecular formula is C12H5F4. The Bertz CT molecular complexity index is 514. The van der Waals surface area contributed by atoms with Crippen LogP contribution in [0.15, 0.2) is 30.3 Å². The van der Waals surface area contributed by atoms with Gasteiger partial charge >= 0.3 is 0 Å². The third-order valence-corrected chi connectivity index (χ3v) is 2.12. The zero-order chi connectivity index (χ0) is 11.7. The molecule has 0 N–H and O–H groups in total. The van der Waals surface area contributed by atoms with Crippen molar-refractivity contribution in [1.29, 1.82) is 0 Å². The molecule has 0 saturated heterocycles. The monoisotopic (exact) mass is 225 g/mol. The van der Waals surface area contributed by atoms with E-state index in [9.17, 15) is 17.6 Å². The van der Waals surface area contributed by atoms with Gasteiger partial charge in [-0.2, -0.15) is 0 Å². The van der Waals surface area contributed by atoms with Gasteiger partial charge in [-0.05, 0) is 18.2 Å². The van der Waals surface area contributed by atoms with Crippen LogP contribution < -0.4 is 0 Å². The molecule has 2 aromatic rings. The second-order valence-corrected chi connectivity index (χ2v) is 3.12. The van der Waals surface area contributed by atoms with Crippen molar-refractivity contribution in [1.82, 2.24) is 0 Å². The molecule has 0 atom stereocenters. The van der Waals surface area contributed by atoms with Crippen LogP contribution in [0.1, 0.15) is 0 Å². The second-order valence-electron chi connectivity index (χ2n) is 3.12. The van der Waals surface area contributed by atoms with E-state index in [1.807, 2.05) is 0 Å². The maximum absolute atomic E-state index is 13.3. The molecule has 0 aliphatic rings. The van der Waals surface area contributed by atoms with Gasteiger partial charge in [-0.15, -0.1) is 0 Å². The maximum Gasteiger partial charge on any atom is 0.166 e. The summed E-state index contributed by atoms with van der Waals surface area (Å²) in [5, 5.41) is 0. The summed E-state index contributed by atoms with van der Waals surface area (Å²) >= 11 is 0. The fourth-order valence-electron chi connectivity index (χ4n) is 1.39. The van der Waals surface area contributed by atoms with Crippen LogP contribution in [0.5, 0.6) is 0 Å². The van der Waals surface area contributed by atoms with E-state index in [1.54, 1.807) is 0 Å². The fraction of sp³-hybridized carbons (Fsp3) is 0. The molecule has 0 heterocycles. The highest BCUT2D eigenvalue weighted by atomic mass is 19.2. The van der Waals surface area contributed by atoms with Crippen molar-refractivity contribution in [3.63, 3.8) is 0 Å². The Kier molecular flexibility index (Phi) is 2.64. The molecular weight excluding hydrogens is 220 g/mol. The Morgan fingerprint density at radius 3 is 2.31 bits per heavy atom. The van der Waals surface area contributed by atoms with E-state index in [0.29, 0.717) is 0 Å². The van der Waals surface area contributed by atoms with Crippen LogP contribution in [0.4, 0.5) is 17.6 Å². The topological polar surface area (TPSA) is 0 Å². The number of hydrogen-bond acceptors (Lipinski definition) is 0. The summed E-state index contributed by atoms with van der Waals surface area (Å²) in [5.74, 6) is -4.44. The fourth-order valence-corrected chi connectivity index (χ4v) is 1.39. The molecule has 0 amide bonds. The first-order chi connectivity index (χ1) is 7.61.